The summed E-state index contributed by atoms with van der Waals surface area (Å²) in [7, 11) is 0. The van der Waals surface area contributed by atoms with E-state index >= 15 is 0 Å². The van der Waals surface area contributed by atoms with Gasteiger partial charge in [-0.05, 0) is 60.4 Å². The number of hydrogen-bond donors (Lipinski definition) is 0. The molecule has 0 saturated heterocycles. The Morgan fingerprint density at radius 3 is 2.34 bits per heavy atom. The molecule has 0 aliphatic carbocycles. The lowest BCUT2D eigenvalue weighted by atomic mass is 10.1. The lowest BCUT2D eigenvalue weighted by Gasteiger charge is -2.20. The van der Waals surface area contributed by atoms with E-state index in [0.717, 1.165) is 26.5 Å². The Bertz CT molecular complexity index is 1170. The van der Waals surface area contributed by atoms with Crippen LogP contribution in [0.25, 0.3) is 10.2 Å². The maximum Gasteiger partial charge on any atom is 0.233 e. The molecule has 164 valence electrons. The van der Waals surface area contributed by atoms with Crippen molar-refractivity contribution in [3.8, 4) is 0 Å². The molecule has 3 nitrogen and oxygen atoms in total. The number of nitrogens with zero attached hydrogens (tertiary/aromatic N) is 2. The first-order chi connectivity index (χ1) is 15.4. The summed E-state index contributed by atoms with van der Waals surface area (Å²) in [6.45, 7) is 9.10. The number of benzene rings is 3. The number of carbonyl (C=O) groups is 1. The molecular formula is C27H28N2OS2. The molecule has 0 aliphatic rings. The SMILES string of the molecule is Cc1cc2nc(N(Cc3ccccc3)C(=O)Cc3ccc(SC(C)C)cc3)sc2cc1C. The van der Waals surface area contributed by atoms with Gasteiger partial charge in [0, 0.05) is 10.1 Å². The molecule has 1 amide bonds. The van der Waals surface area contributed by atoms with E-state index < -0.39 is 0 Å². The second-order valence-electron chi connectivity index (χ2n) is 8.35. The van der Waals surface area contributed by atoms with Gasteiger partial charge in [0.1, 0.15) is 0 Å². The van der Waals surface area contributed by atoms with Crippen LogP contribution in [0, 0.1) is 13.8 Å². The van der Waals surface area contributed by atoms with E-state index in [2.05, 4.69) is 76.2 Å². The molecule has 32 heavy (non-hydrogen) atoms. The van der Waals surface area contributed by atoms with Gasteiger partial charge in [0.2, 0.25) is 5.91 Å². The van der Waals surface area contributed by atoms with Gasteiger partial charge in [0.25, 0.3) is 0 Å². The predicted octanol–water partition coefficient (Wildman–Crippen LogP) is 7.19. The summed E-state index contributed by atoms with van der Waals surface area (Å²) < 4.78 is 1.11. The molecule has 4 aromatic rings. The zero-order valence-electron chi connectivity index (χ0n) is 19.0. The summed E-state index contributed by atoms with van der Waals surface area (Å²) in [4.78, 5) is 21.4. The molecule has 0 radical (unpaired) electrons. The average Bonchev–Trinajstić information content (AvgIpc) is 3.16. The molecule has 0 bridgehead atoms. The Morgan fingerprint density at radius 2 is 1.66 bits per heavy atom. The Morgan fingerprint density at radius 1 is 0.969 bits per heavy atom. The number of anilines is 1. The third kappa shape index (κ3) is 5.40. The first kappa shape index (κ1) is 22.6. The summed E-state index contributed by atoms with van der Waals surface area (Å²) in [5.74, 6) is 0.0608. The highest BCUT2D eigenvalue weighted by molar-refractivity contribution is 7.99. The first-order valence-electron chi connectivity index (χ1n) is 10.9. The third-order valence-electron chi connectivity index (χ3n) is 5.36. The molecule has 0 fully saturated rings. The van der Waals surface area contributed by atoms with Gasteiger partial charge in [0.15, 0.2) is 5.13 Å². The molecule has 0 spiro atoms. The zero-order chi connectivity index (χ0) is 22.7. The molecular weight excluding hydrogens is 432 g/mol. The molecule has 0 unspecified atom stereocenters. The van der Waals surface area contributed by atoms with E-state index in [1.165, 1.54) is 16.0 Å². The lowest BCUT2D eigenvalue weighted by Crippen LogP contribution is -2.31. The fourth-order valence-electron chi connectivity index (χ4n) is 3.54. The van der Waals surface area contributed by atoms with Crippen molar-refractivity contribution in [2.75, 3.05) is 4.90 Å². The number of hydrogen-bond acceptors (Lipinski definition) is 4. The molecule has 3 aromatic carbocycles. The minimum atomic E-state index is 0.0608. The van der Waals surface area contributed by atoms with Crippen LogP contribution in [0.3, 0.4) is 0 Å². The third-order valence-corrected chi connectivity index (χ3v) is 7.42. The van der Waals surface area contributed by atoms with Crippen molar-refractivity contribution in [1.82, 2.24) is 4.98 Å². The molecule has 0 atom stereocenters. The van der Waals surface area contributed by atoms with E-state index in [1.54, 1.807) is 11.3 Å². The lowest BCUT2D eigenvalue weighted by molar-refractivity contribution is -0.118. The van der Waals surface area contributed by atoms with Crippen LogP contribution in [-0.2, 0) is 17.8 Å². The quantitative estimate of drug-likeness (QED) is 0.274. The maximum absolute atomic E-state index is 13.5. The van der Waals surface area contributed by atoms with Gasteiger partial charge in [-0.1, -0.05) is 67.6 Å². The van der Waals surface area contributed by atoms with Crippen molar-refractivity contribution in [3.05, 3.63) is 89.0 Å². The van der Waals surface area contributed by atoms with Crippen molar-refractivity contribution in [1.29, 1.82) is 0 Å². The van der Waals surface area contributed by atoms with Gasteiger partial charge in [-0.15, -0.1) is 11.8 Å². The fraction of sp³-hybridized carbons (Fsp3) is 0.259. The summed E-state index contributed by atoms with van der Waals surface area (Å²) in [5.41, 5.74) is 5.53. The summed E-state index contributed by atoms with van der Waals surface area (Å²) in [6, 6.07) is 22.7. The Labute approximate surface area is 198 Å². The number of aryl methyl sites for hydroxylation is 2. The van der Waals surface area contributed by atoms with Gasteiger partial charge in [-0.3, -0.25) is 9.69 Å². The van der Waals surface area contributed by atoms with Crippen LogP contribution in [-0.4, -0.2) is 16.1 Å². The minimum absolute atomic E-state index is 0.0608. The fourth-order valence-corrected chi connectivity index (χ4v) is 5.44. The maximum atomic E-state index is 13.5. The highest BCUT2D eigenvalue weighted by atomic mass is 32.2. The highest BCUT2D eigenvalue weighted by Crippen LogP contribution is 2.32. The molecule has 1 heterocycles. The summed E-state index contributed by atoms with van der Waals surface area (Å²) in [5, 5.41) is 1.29. The highest BCUT2D eigenvalue weighted by Gasteiger charge is 2.21. The van der Waals surface area contributed by atoms with E-state index in [1.807, 2.05) is 34.9 Å². The Balaban J connectivity index is 1.62. The smallest absolute Gasteiger partial charge is 0.233 e. The van der Waals surface area contributed by atoms with E-state index in [0.29, 0.717) is 18.2 Å². The van der Waals surface area contributed by atoms with Crippen molar-refractivity contribution in [2.45, 2.75) is 50.8 Å². The molecule has 0 N–H and O–H groups in total. The number of carbonyl (C=O) groups excluding carboxylic acids is 1. The number of aromatic nitrogens is 1. The van der Waals surface area contributed by atoms with Gasteiger partial charge in [-0.25, -0.2) is 4.98 Å². The van der Waals surface area contributed by atoms with Crippen LogP contribution in [0.5, 0.6) is 0 Å². The van der Waals surface area contributed by atoms with Gasteiger partial charge in [-0.2, -0.15) is 0 Å². The molecule has 5 heteroatoms. The molecule has 4 rings (SSSR count). The van der Waals surface area contributed by atoms with E-state index in [4.69, 9.17) is 4.98 Å². The molecule has 1 aromatic heterocycles. The van der Waals surface area contributed by atoms with Crippen LogP contribution in [0.2, 0.25) is 0 Å². The van der Waals surface area contributed by atoms with Crippen molar-refractivity contribution >= 4 is 44.4 Å². The topological polar surface area (TPSA) is 33.2 Å². The Kier molecular flexibility index (Phi) is 6.97. The van der Waals surface area contributed by atoms with E-state index in [9.17, 15) is 4.79 Å². The van der Waals surface area contributed by atoms with Gasteiger partial charge in [0.05, 0.1) is 23.2 Å². The number of thiazole rings is 1. The van der Waals surface area contributed by atoms with Crippen molar-refractivity contribution in [2.24, 2.45) is 0 Å². The summed E-state index contributed by atoms with van der Waals surface area (Å²) in [6.07, 6.45) is 0.355. The largest absolute Gasteiger partial charge is 0.283 e. The van der Waals surface area contributed by atoms with Crippen LogP contribution in [0.15, 0.2) is 71.6 Å². The normalized spacial score (nSPS) is 11.3. The van der Waals surface area contributed by atoms with Crippen LogP contribution >= 0.6 is 23.1 Å². The number of fused-ring (bicyclic) bond motifs is 1. The van der Waals surface area contributed by atoms with Crippen LogP contribution in [0.4, 0.5) is 5.13 Å². The minimum Gasteiger partial charge on any atom is -0.283 e. The monoisotopic (exact) mass is 460 g/mol. The first-order valence-corrected chi connectivity index (χ1v) is 12.6. The second kappa shape index (κ2) is 9.88. The second-order valence-corrected chi connectivity index (χ2v) is 11.0. The van der Waals surface area contributed by atoms with Crippen molar-refractivity contribution < 1.29 is 4.79 Å². The number of rotatable bonds is 7. The van der Waals surface area contributed by atoms with Gasteiger partial charge < -0.3 is 0 Å². The van der Waals surface area contributed by atoms with Crippen LogP contribution < -0.4 is 4.90 Å². The zero-order valence-corrected chi connectivity index (χ0v) is 20.6. The van der Waals surface area contributed by atoms with Crippen LogP contribution in [0.1, 0.15) is 36.1 Å². The van der Waals surface area contributed by atoms with Crippen molar-refractivity contribution in [3.63, 3.8) is 0 Å². The standard InChI is InChI=1S/C27H28N2OS2/c1-18(2)31-23-12-10-21(11-13-23)16-26(30)29(17-22-8-6-5-7-9-22)27-28-24-14-19(3)20(4)15-25(24)32-27/h5-15,18H,16-17H2,1-4H3. The molecule has 0 aliphatic heterocycles. The number of thioether (sulfide) groups is 1. The number of amides is 1. The predicted molar refractivity (Wildman–Crippen MR) is 138 cm³/mol. The molecule has 0 saturated carbocycles. The van der Waals surface area contributed by atoms with Gasteiger partial charge >= 0.3 is 0 Å². The van der Waals surface area contributed by atoms with E-state index in [-0.39, 0.29) is 5.91 Å². The summed E-state index contributed by atoms with van der Waals surface area (Å²) >= 11 is 3.42. The Hall–Kier alpha value is -2.63. The average molecular weight is 461 g/mol.